The van der Waals surface area contributed by atoms with E-state index in [-0.39, 0.29) is 6.04 Å². The molecule has 3 atom stereocenters. The highest BCUT2D eigenvalue weighted by Gasteiger charge is 2.35. The van der Waals surface area contributed by atoms with Crippen LogP contribution in [0, 0.1) is 17.2 Å². The molecule has 1 aromatic rings. The molecule has 0 bridgehead atoms. The lowest BCUT2D eigenvalue weighted by molar-refractivity contribution is 0.128. The van der Waals surface area contributed by atoms with Crippen LogP contribution in [0.1, 0.15) is 11.6 Å². The van der Waals surface area contributed by atoms with Crippen LogP contribution in [0.5, 0.6) is 0 Å². The molecule has 0 aromatic heterocycles. The maximum Gasteiger partial charge on any atom is 0.135 e. The van der Waals surface area contributed by atoms with E-state index in [2.05, 4.69) is 16.9 Å². The Balaban J connectivity index is 2.25. The van der Waals surface area contributed by atoms with E-state index in [1.165, 1.54) is 0 Å². The van der Waals surface area contributed by atoms with Gasteiger partial charge in [-0.1, -0.05) is 23.7 Å². The zero-order valence-corrected chi connectivity index (χ0v) is 8.57. The molecule has 0 radical (unpaired) electrons. The van der Waals surface area contributed by atoms with Crippen molar-refractivity contribution in [2.75, 3.05) is 0 Å². The number of hydrazine groups is 1. The van der Waals surface area contributed by atoms with E-state index in [9.17, 15) is 5.11 Å². The van der Waals surface area contributed by atoms with Gasteiger partial charge in [-0.2, -0.15) is 5.26 Å². The van der Waals surface area contributed by atoms with Crippen molar-refractivity contribution in [3.63, 3.8) is 0 Å². The largest absolute Gasteiger partial charge is 0.376 e. The molecule has 1 saturated heterocycles. The molecule has 1 aliphatic rings. The van der Waals surface area contributed by atoms with Gasteiger partial charge in [-0.3, -0.25) is 0 Å². The van der Waals surface area contributed by atoms with Crippen LogP contribution in [0.2, 0.25) is 5.02 Å². The Morgan fingerprint density at radius 2 is 1.93 bits per heavy atom. The third-order valence-corrected chi connectivity index (χ3v) is 2.72. The molecule has 0 aliphatic carbocycles. The van der Waals surface area contributed by atoms with E-state index >= 15 is 0 Å². The molecule has 4 nitrogen and oxygen atoms in total. The molecule has 0 amide bonds. The molecule has 15 heavy (non-hydrogen) atoms. The summed E-state index contributed by atoms with van der Waals surface area (Å²) < 4.78 is 0. The molecule has 5 heteroatoms. The number of aliphatic hydroxyl groups is 1. The van der Waals surface area contributed by atoms with Crippen molar-refractivity contribution in [1.29, 1.82) is 5.26 Å². The molecule has 78 valence electrons. The number of nitrogens with one attached hydrogen (secondary N) is 2. The minimum Gasteiger partial charge on any atom is -0.376 e. The average Bonchev–Trinajstić information content (AvgIpc) is 2.61. The minimum absolute atomic E-state index is 0.206. The van der Waals surface area contributed by atoms with Gasteiger partial charge in [-0.25, -0.2) is 10.9 Å². The highest BCUT2D eigenvalue weighted by molar-refractivity contribution is 6.30. The Kier molecular flexibility index (Phi) is 2.89. The monoisotopic (exact) mass is 223 g/mol. The Hall–Kier alpha value is -1.12. The van der Waals surface area contributed by atoms with Crippen molar-refractivity contribution in [2.24, 2.45) is 5.92 Å². The topological polar surface area (TPSA) is 68.1 Å². The van der Waals surface area contributed by atoms with E-state index in [4.69, 9.17) is 16.9 Å². The maximum absolute atomic E-state index is 9.45. The summed E-state index contributed by atoms with van der Waals surface area (Å²) in [5, 5.41) is 19.0. The second-order valence-electron chi connectivity index (χ2n) is 3.42. The number of nitrogens with zero attached hydrogens (tertiary/aromatic N) is 1. The smallest absolute Gasteiger partial charge is 0.135 e. The van der Waals surface area contributed by atoms with Crippen LogP contribution in [-0.2, 0) is 0 Å². The van der Waals surface area contributed by atoms with Gasteiger partial charge in [-0.15, -0.1) is 0 Å². The van der Waals surface area contributed by atoms with E-state index in [1.807, 2.05) is 12.1 Å². The van der Waals surface area contributed by atoms with Gasteiger partial charge < -0.3 is 5.11 Å². The number of hydrogen-bond acceptors (Lipinski definition) is 4. The quantitative estimate of drug-likeness (QED) is 0.663. The summed E-state index contributed by atoms with van der Waals surface area (Å²) in [5.41, 5.74) is 6.44. The first-order valence-corrected chi connectivity index (χ1v) is 4.94. The van der Waals surface area contributed by atoms with Gasteiger partial charge >= 0.3 is 0 Å². The zero-order valence-electron chi connectivity index (χ0n) is 7.81. The predicted octanol–water partition coefficient (Wildman–Crippen LogP) is 0.947. The fourth-order valence-corrected chi connectivity index (χ4v) is 1.77. The molecular weight excluding hydrogens is 214 g/mol. The van der Waals surface area contributed by atoms with Gasteiger partial charge in [0.15, 0.2) is 0 Å². The minimum atomic E-state index is -0.837. The van der Waals surface area contributed by atoms with Crippen molar-refractivity contribution in [3.8, 4) is 6.07 Å². The summed E-state index contributed by atoms with van der Waals surface area (Å²) in [6.07, 6.45) is -0.837. The van der Waals surface area contributed by atoms with Crippen LogP contribution in [0.4, 0.5) is 0 Å². The Morgan fingerprint density at radius 1 is 1.27 bits per heavy atom. The SMILES string of the molecule is N#CC1C(O)NNC1c1ccc(Cl)cc1. The van der Waals surface area contributed by atoms with Crippen LogP contribution in [0.15, 0.2) is 24.3 Å². The Bertz CT molecular complexity index is 387. The molecule has 1 fully saturated rings. The first kappa shape index (κ1) is 10.4. The third-order valence-electron chi connectivity index (χ3n) is 2.46. The normalized spacial score (nSPS) is 30.1. The van der Waals surface area contributed by atoms with Crippen LogP contribution >= 0.6 is 11.6 Å². The number of halogens is 1. The Morgan fingerprint density at radius 3 is 2.53 bits per heavy atom. The van der Waals surface area contributed by atoms with Crippen LogP contribution < -0.4 is 10.9 Å². The van der Waals surface area contributed by atoms with Crippen LogP contribution in [0.3, 0.4) is 0 Å². The zero-order chi connectivity index (χ0) is 10.8. The molecule has 3 unspecified atom stereocenters. The maximum atomic E-state index is 9.45. The molecular formula is C10H10ClN3O. The lowest BCUT2D eigenvalue weighted by Gasteiger charge is -2.13. The lowest BCUT2D eigenvalue weighted by Crippen LogP contribution is -2.31. The van der Waals surface area contributed by atoms with Crippen LogP contribution in [-0.4, -0.2) is 11.3 Å². The number of hydrogen-bond donors (Lipinski definition) is 3. The first-order valence-electron chi connectivity index (χ1n) is 4.56. The van der Waals surface area contributed by atoms with Gasteiger partial charge in [0.25, 0.3) is 0 Å². The summed E-state index contributed by atoms with van der Waals surface area (Å²) in [6, 6.07) is 9.06. The highest BCUT2D eigenvalue weighted by Crippen LogP contribution is 2.27. The van der Waals surface area contributed by atoms with E-state index < -0.39 is 12.1 Å². The number of nitriles is 1. The van der Waals surface area contributed by atoms with E-state index in [0.717, 1.165) is 5.56 Å². The van der Waals surface area contributed by atoms with Crippen molar-refractivity contribution in [3.05, 3.63) is 34.9 Å². The van der Waals surface area contributed by atoms with E-state index in [0.29, 0.717) is 5.02 Å². The summed E-state index contributed by atoms with van der Waals surface area (Å²) >= 11 is 5.77. The Labute approximate surface area is 92.4 Å². The fourth-order valence-electron chi connectivity index (χ4n) is 1.64. The van der Waals surface area contributed by atoms with E-state index in [1.54, 1.807) is 12.1 Å². The van der Waals surface area contributed by atoms with Crippen molar-refractivity contribution < 1.29 is 5.11 Å². The average molecular weight is 224 g/mol. The second kappa shape index (κ2) is 4.17. The molecule has 0 spiro atoms. The lowest BCUT2D eigenvalue weighted by atomic mass is 9.95. The summed E-state index contributed by atoms with van der Waals surface area (Å²) in [4.78, 5) is 0. The fraction of sp³-hybridized carbons (Fsp3) is 0.300. The van der Waals surface area contributed by atoms with Crippen LogP contribution in [0.25, 0.3) is 0 Å². The number of rotatable bonds is 1. The standard InChI is InChI=1S/C10H10ClN3O/c11-7-3-1-6(2-4-7)9-8(5-12)10(15)14-13-9/h1-4,8-10,13-15H. The van der Waals surface area contributed by atoms with Crippen molar-refractivity contribution in [2.45, 2.75) is 12.3 Å². The van der Waals surface area contributed by atoms with Gasteiger partial charge in [-0.05, 0) is 17.7 Å². The summed E-state index contributed by atoms with van der Waals surface area (Å²) in [6.45, 7) is 0. The molecule has 1 heterocycles. The second-order valence-corrected chi connectivity index (χ2v) is 3.85. The van der Waals surface area contributed by atoms with Crippen molar-refractivity contribution in [1.82, 2.24) is 10.9 Å². The summed E-state index contributed by atoms with van der Waals surface area (Å²) in [7, 11) is 0. The molecule has 1 aliphatic heterocycles. The molecule has 2 rings (SSSR count). The predicted molar refractivity (Wildman–Crippen MR) is 55.6 cm³/mol. The van der Waals surface area contributed by atoms with Gasteiger partial charge in [0.2, 0.25) is 0 Å². The third kappa shape index (κ3) is 1.96. The van der Waals surface area contributed by atoms with Crippen molar-refractivity contribution >= 4 is 11.6 Å². The number of aliphatic hydroxyl groups excluding tert-OH is 1. The van der Waals surface area contributed by atoms with Gasteiger partial charge in [0, 0.05) is 5.02 Å². The summed E-state index contributed by atoms with van der Waals surface area (Å²) in [5.74, 6) is -0.494. The van der Waals surface area contributed by atoms with Gasteiger partial charge in [0.05, 0.1) is 12.1 Å². The molecule has 3 N–H and O–H groups in total. The number of benzene rings is 1. The van der Waals surface area contributed by atoms with Gasteiger partial charge in [0.1, 0.15) is 12.1 Å². The molecule has 1 aromatic carbocycles. The first-order chi connectivity index (χ1) is 7.22. The molecule has 0 saturated carbocycles. The highest BCUT2D eigenvalue weighted by atomic mass is 35.5.